The second kappa shape index (κ2) is 14.9. The third-order valence-corrected chi connectivity index (χ3v) is 14.3. The molecule has 3 heterocycles. The highest BCUT2D eigenvalue weighted by atomic mass is 35.5. The molecule has 1 aromatic carbocycles. The number of benzene rings is 1. The molecule has 0 aliphatic carbocycles. The Labute approximate surface area is 270 Å². The zero-order chi connectivity index (χ0) is 32.7. The Kier molecular flexibility index (Phi) is 11.3. The van der Waals surface area contributed by atoms with Crippen LogP contribution in [0.3, 0.4) is 0 Å². The molecule has 0 radical (unpaired) electrons. The van der Waals surface area contributed by atoms with Crippen molar-refractivity contribution in [3.05, 3.63) is 65.7 Å². The monoisotopic (exact) mass is 649 g/mol. The van der Waals surface area contributed by atoms with E-state index < -0.39 is 20.3 Å². The number of carbonyl (C=O) groups excluding carboxylic acids is 1. The van der Waals surface area contributed by atoms with Gasteiger partial charge in [0.1, 0.15) is 23.6 Å². The average molecular weight is 650 g/mol. The number of para-hydroxylation sites is 1. The highest BCUT2D eigenvalue weighted by molar-refractivity contribution is 6.77. The number of hydrogen-bond donors (Lipinski definition) is 1. The van der Waals surface area contributed by atoms with Crippen molar-refractivity contribution < 1.29 is 18.7 Å². The van der Waals surface area contributed by atoms with Crippen molar-refractivity contribution in [3.8, 4) is 17.6 Å². The van der Waals surface area contributed by atoms with Crippen molar-refractivity contribution in [2.24, 2.45) is 0 Å². The molecule has 1 unspecified atom stereocenters. The number of ether oxygens (including phenoxy) is 2. The zero-order valence-corrected chi connectivity index (χ0v) is 28.4. The number of nitriles is 1. The molecule has 45 heavy (non-hydrogen) atoms. The maximum Gasteiger partial charge on any atom is 0.269 e. The van der Waals surface area contributed by atoms with Crippen molar-refractivity contribution in [1.29, 1.82) is 5.26 Å². The van der Waals surface area contributed by atoms with E-state index in [4.69, 9.17) is 30.8 Å². The summed E-state index contributed by atoms with van der Waals surface area (Å²) in [4.78, 5) is 26.4. The molecule has 0 fully saturated rings. The molecule has 0 spiro atoms. The van der Waals surface area contributed by atoms with Gasteiger partial charge in [-0.1, -0.05) is 65.3 Å². The molecule has 238 valence electrons. The number of fused-ring (bicyclic) bond motifs is 1. The van der Waals surface area contributed by atoms with Crippen LogP contribution in [-0.4, -0.2) is 64.4 Å². The molecule has 0 saturated carbocycles. The number of carbonyl (C=O) groups is 1. The van der Waals surface area contributed by atoms with Gasteiger partial charge in [-0.25, -0.2) is 19.6 Å². The fourth-order valence-electron chi connectivity index (χ4n) is 5.82. The van der Waals surface area contributed by atoms with Crippen LogP contribution in [0.15, 0.2) is 55.1 Å². The highest BCUT2D eigenvalue weighted by Crippen LogP contribution is 2.42. The van der Waals surface area contributed by atoms with E-state index in [9.17, 15) is 4.79 Å². The van der Waals surface area contributed by atoms with Gasteiger partial charge in [0.25, 0.3) is 5.91 Å². The first-order chi connectivity index (χ1) is 21.5. The van der Waals surface area contributed by atoms with Crippen LogP contribution < -0.4 is 10.1 Å². The Morgan fingerprint density at radius 3 is 2.31 bits per heavy atom. The fraction of sp³-hybridized carbons (Fsp3) is 0.438. The first-order valence-corrected chi connectivity index (χ1v) is 17.5. The summed E-state index contributed by atoms with van der Waals surface area (Å²) >= 11 is 6.42. The average Bonchev–Trinajstić information content (AvgIpc) is 3.44. The van der Waals surface area contributed by atoms with Crippen molar-refractivity contribution in [3.63, 3.8) is 0 Å². The number of nitrogens with zero attached hydrogens (tertiary/aromatic N) is 6. The van der Waals surface area contributed by atoms with Gasteiger partial charge >= 0.3 is 0 Å². The summed E-state index contributed by atoms with van der Waals surface area (Å²) in [5.74, 6) is -0.0737. The summed E-state index contributed by atoms with van der Waals surface area (Å²) in [5.41, 5.74) is 2.76. The van der Waals surface area contributed by atoms with Gasteiger partial charge in [0.15, 0.2) is 14.0 Å². The quantitative estimate of drug-likeness (QED) is 0.148. The van der Waals surface area contributed by atoms with Crippen LogP contribution >= 0.6 is 11.6 Å². The fourth-order valence-corrected chi connectivity index (χ4v) is 11.6. The highest BCUT2D eigenvalue weighted by Gasteiger charge is 2.45. The molecule has 1 N–H and O–H groups in total. The molecule has 0 aliphatic heterocycles. The third kappa shape index (κ3) is 7.68. The number of amides is 1. The Hall–Kier alpha value is -3.89. The van der Waals surface area contributed by atoms with E-state index >= 15 is 0 Å². The summed E-state index contributed by atoms with van der Waals surface area (Å²) < 4.78 is 20.7. The molecule has 2 atom stereocenters. The molecule has 4 aromatic rings. The van der Waals surface area contributed by atoms with E-state index in [-0.39, 0.29) is 24.4 Å². The molecule has 3 aromatic heterocycles. The van der Waals surface area contributed by atoms with Gasteiger partial charge in [-0.05, 0) is 47.8 Å². The SMILES string of the molecule is CC(CO[Si](C(C)C)(C(C)C)C(C)C)OC[C@H](Oc1ncnc2c1cnn2-c1ccccc1Cl)C(=O)Nc1ccc(C#N)cn1. The molecular formula is C32H40ClN7O4Si. The summed E-state index contributed by atoms with van der Waals surface area (Å²) in [6.45, 7) is 15.6. The normalized spacial score (nSPS) is 13.3. The number of rotatable bonds is 14. The summed E-state index contributed by atoms with van der Waals surface area (Å²) in [6, 6.07) is 12.4. The molecule has 13 heteroatoms. The van der Waals surface area contributed by atoms with Crippen LogP contribution in [-0.2, 0) is 14.0 Å². The van der Waals surface area contributed by atoms with E-state index in [1.807, 2.05) is 31.2 Å². The first kappa shape index (κ1) is 34.0. The van der Waals surface area contributed by atoms with Crippen molar-refractivity contribution in [1.82, 2.24) is 24.7 Å². The van der Waals surface area contributed by atoms with Crippen LogP contribution in [0.25, 0.3) is 16.7 Å². The van der Waals surface area contributed by atoms with Crippen LogP contribution in [0.2, 0.25) is 21.6 Å². The Bertz CT molecular complexity index is 1620. The third-order valence-electron chi connectivity index (χ3n) is 7.91. The van der Waals surface area contributed by atoms with Crippen molar-refractivity contribution in [2.75, 3.05) is 18.5 Å². The second-order valence-electron chi connectivity index (χ2n) is 11.8. The Balaban J connectivity index is 1.57. The molecule has 1 amide bonds. The van der Waals surface area contributed by atoms with E-state index in [0.717, 1.165) is 0 Å². The van der Waals surface area contributed by atoms with Crippen molar-refractivity contribution in [2.45, 2.75) is 77.3 Å². The van der Waals surface area contributed by atoms with E-state index in [0.29, 0.717) is 50.5 Å². The molecule has 11 nitrogen and oxygen atoms in total. The zero-order valence-electron chi connectivity index (χ0n) is 26.7. The minimum Gasteiger partial charge on any atom is -0.461 e. The van der Waals surface area contributed by atoms with Crippen LogP contribution in [0.4, 0.5) is 5.82 Å². The largest absolute Gasteiger partial charge is 0.461 e. The Morgan fingerprint density at radius 1 is 0.978 bits per heavy atom. The predicted molar refractivity (Wildman–Crippen MR) is 176 cm³/mol. The first-order valence-electron chi connectivity index (χ1n) is 15.0. The van der Waals surface area contributed by atoms with E-state index in [2.05, 4.69) is 66.9 Å². The van der Waals surface area contributed by atoms with E-state index in [1.54, 1.807) is 29.1 Å². The van der Waals surface area contributed by atoms with Gasteiger partial charge in [-0.3, -0.25) is 4.79 Å². The van der Waals surface area contributed by atoms with Gasteiger partial charge in [0.05, 0.1) is 41.8 Å². The smallest absolute Gasteiger partial charge is 0.269 e. The molecule has 0 bridgehead atoms. The number of anilines is 1. The standard InChI is InChI=1S/C32H40ClN7O4Si/c1-20(2)45(21(3)4,22(5)6)43-17-23(7)42-18-28(31(41)39-29-13-12-24(14-34)15-35-29)44-32-25-16-38-40(30(25)36-19-37-32)27-11-9-8-10-26(27)33/h8-13,15-16,19-23,28H,17-18H2,1-7H3,(H,35,39,41)/t23?,28-/m0/s1. The number of aromatic nitrogens is 5. The maximum atomic E-state index is 13.5. The van der Waals surface area contributed by atoms with Gasteiger partial charge in [0, 0.05) is 6.20 Å². The van der Waals surface area contributed by atoms with Crippen LogP contribution in [0.5, 0.6) is 5.88 Å². The lowest BCUT2D eigenvalue weighted by atomic mass is 10.3. The number of hydrogen-bond acceptors (Lipinski definition) is 9. The van der Waals surface area contributed by atoms with Gasteiger partial charge in [0.2, 0.25) is 12.0 Å². The summed E-state index contributed by atoms with van der Waals surface area (Å²) in [6.07, 6.45) is 2.86. The minimum absolute atomic E-state index is 0.0869. The van der Waals surface area contributed by atoms with Gasteiger partial charge in [-0.15, -0.1) is 0 Å². The van der Waals surface area contributed by atoms with Gasteiger partial charge in [-0.2, -0.15) is 10.4 Å². The lowest BCUT2D eigenvalue weighted by Gasteiger charge is -2.42. The molecular weight excluding hydrogens is 610 g/mol. The summed E-state index contributed by atoms with van der Waals surface area (Å²) in [7, 11) is -2.11. The van der Waals surface area contributed by atoms with Crippen LogP contribution in [0.1, 0.15) is 54.0 Å². The topological polar surface area (TPSA) is 137 Å². The molecule has 0 saturated heterocycles. The van der Waals surface area contributed by atoms with Crippen molar-refractivity contribution >= 4 is 42.7 Å². The van der Waals surface area contributed by atoms with Crippen LogP contribution in [0, 0.1) is 11.3 Å². The predicted octanol–water partition coefficient (Wildman–Crippen LogP) is 6.72. The maximum absolute atomic E-state index is 13.5. The second-order valence-corrected chi connectivity index (χ2v) is 17.7. The minimum atomic E-state index is -2.11. The Morgan fingerprint density at radius 2 is 1.69 bits per heavy atom. The summed E-state index contributed by atoms with van der Waals surface area (Å²) in [5, 5.41) is 17.3. The molecule has 0 aliphatic rings. The number of halogens is 1. The number of pyridine rings is 1. The number of nitrogens with one attached hydrogen (secondary N) is 1. The van der Waals surface area contributed by atoms with E-state index in [1.165, 1.54) is 12.5 Å². The van der Waals surface area contributed by atoms with Gasteiger partial charge < -0.3 is 19.2 Å². The lowest BCUT2D eigenvalue weighted by Crippen LogP contribution is -2.49. The lowest BCUT2D eigenvalue weighted by molar-refractivity contribution is -0.127. The molecule has 4 rings (SSSR count).